The Hall–Kier alpha value is -4.17. The van der Waals surface area contributed by atoms with E-state index in [1.165, 1.54) is 71.2 Å². The first-order valence-corrected chi connectivity index (χ1v) is 32.4. The van der Waals surface area contributed by atoms with Crippen molar-refractivity contribution in [2.45, 2.75) is 40.0 Å². The van der Waals surface area contributed by atoms with Gasteiger partial charge >= 0.3 is 62.8 Å². The van der Waals surface area contributed by atoms with E-state index in [4.69, 9.17) is 17.3 Å². The number of alkyl halides is 7. The van der Waals surface area contributed by atoms with Crippen LogP contribution in [-0.2, 0) is 12.4 Å². The number of nitrogens with one attached hydrogen (secondary N) is 1. The van der Waals surface area contributed by atoms with Crippen molar-refractivity contribution in [3.05, 3.63) is 163 Å². The SMILES string of the molecule is CI.Cc1ccc(C(=O)Cl)cc1[N+](=O)[O-].Cc1cn(-c2cc(N)cc(C(F)(F)F)c2)cn1.Cc1cn(-c2cc(NC(=O)c3ccc(C)c([N+](=O)[O-])c3)cc(C(F)(F)F)c2)cn1.I[I-]I. The van der Waals surface area contributed by atoms with E-state index in [0.29, 0.717) is 35.8 Å². The summed E-state index contributed by atoms with van der Waals surface area (Å²) in [7, 11) is 0. The Balaban J connectivity index is 0.000000341. The number of carbonyl (C=O) groups is 2. The zero-order valence-corrected chi connectivity index (χ0v) is 43.0. The molecule has 0 aliphatic carbocycles. The van der Waals surface area contributed by atoms with Gasteiger partial charge in [-0.3, -0.25) is 29.8 Å². The summed E-state index contributed by atoms with van der Waals surface area (Å²) in [6, 6.07) is 14.5. The molecule has 4 aromatic carbocycles. The molecule has 0 atom stereocenters. The van der Waals surface area contributed by atoms with Crippen molar-refractivity contribution in [1.82, 2.24) is 19.1 Å². The summed E-state index contributed by atoms with van der Waals surface area (Å²) in [4.78, 5) is 53.4. The Kier molecular flexibility index (Phi) is 22.3. The first-order valence-electron chi connectivity index (χ1n) is 17.3. The van der Waals surface area contributed by atoms with Crippen molar-refractivity contribution in [2.75, 3.05) is 16.0 Å². The molecule has 3 N–H and O–H groups in total. The number of rotatable bonds is 7. The normalized spacial score (nSPS) is 10.7. The average Bonchev–Trinajstić information content (AvgIpc) is 3.86. The predicted octanol–water partition coefficient (Wildman–Crippen LogP) is 9.56. The van der Waals surface area contributed by atoms with Gasteiger partial charge in [-0.25, -0.2) is 9.97 Å². The van der Waals surface area contributed by atoms with Gasteiger partial charge in [0.25, 0.3) is 22.5 Å². The minimum absolute atomic E-state index is 0.0419. The number of hydrogen-bond acceptors (Lipinski definition) is 9. The van der Waals surface area contributed by atoms with Crippen LogP contribution in [0.4, 0.5) is 49.1 Å². The zero-order valence-electron chi connectivity index (χ0n) is 33.6. The molecule has 0 spiro atoms. The number of nitrogens with zero attached hydrogens (tertiary/aromatic N) is 6. The van der Waals surface area contributed by atoms with E-state index in [-0.39, 0.29) is 39.6 Å². The molecule has 1 amide bonds. The summed E-state index contributed by atoms with van der Waals surface area (Å²) in [6.45, 7) is 6.57. The fraction of sp³-hybridized carbons (Fsp3) is 0.179. The Bertz CT molecular complexity index is 2590. The Morgan fingerprint density at radius 1 is 0.703 bits per heavy atom. The van der Waals surface area contributed by atoms with Crippen LogP contribution in [0.1, 0.15) is 54.4 Å². The van der Waals surface area contributed by atoms with Crippen molar-refractivity contribution >= 4 is 105 Å². The third-order valence-electron chi connectivity index (χ3n) is 8.09. The Morgan fingerprint density at radius 3 is 1.50 bits per heavy atom. The molecule has 64 heavy (non-hydrogen) atoms. The topological polar surface area (TPSA) is 194 Å². The number of anilines is 2. The molecule has 0 saturated heterocycles. The van der Waals surface area contributed by atoms with E-state index in [2.05, 4.69) is 75.1 Å². The number of nitro groups is 2. The van der Waals surface area contributed by atoms with Gasteiger partial charge in [0.1, 0.15) is 0 Å². The quantitative estimate of drug-likeness (QED) is 0.0298. The molecule has 25 heteroatoms. The van der Waals surface area contributed by atoms with Crippen molar-refractivity contribution in [1.29, 1.82) is 0 Å². The number of aryl methyl sites for hydroxylation is 4. The summed E-state index contributed by atoms with van der Waals surface area (Å²) in [5.41, 5.74) is 6.18. The molecule has 0 aliphatic heterocycles. The fourth-order valence-electron chi connectivity index (χ4n) is 5.15. The van der Waals surface area contributed by atoms with Crippen molar-refractivity contribution in [3.63, 3.8) is 0 Å². The third kappa shape index (κ3) is 17.3. The molecule has 0 unspecified atom stereocenters. The van der Waals surface area contributed by atoms with E-state index in [1.807, 2.05) is 4.93 Å². The van der Waals surface area contributed by atoms with Gasteiger partial charge in [-0.15, -0.1) is 0 Å². The molecular weight excluding hydrogens is 1330 g/mol. The number of hydrogen-bond donors (Lipinski definition) is 2. The van der Waals surface area contributed by atoms with Gasteiger partial charge in [0.05, 0.1) is 45.0 Å². The minimum atomic E-state index is -4.63. The summed E-state index contributed by atoms with van der Waals surface area (Å²) in [5.74, 6) is -0.764. The molecule has 6 rings (SSSR count). The number of imidazole rings is 2. The molecule has 0 radical (unpaired) electrons. The number of halogens is 11. The van der Waals surface area contributed by atoms with Gasteiger partial charge < -0.3 is 20.2 Å². The maximum absolute atomic E-state index is 13.3. The van der Waals surface area contributed by atoms with Gasteiger partial charge in [0, 0.05) is 69.5 Å². The van der Waals surface area contributed by atoms with Crippen LogP contribution in [0.25, 0.3) is 11.4 Å². The number of benzene rings is 4. The average molecular weight is 1370 g/mol. The number of aromatic nitrogens is 4. The number of nitrogens with two attached hydrogens (primary N) is 1. The van der Waals surface area contributed by atoms with Crippen LogP contribution >= 0.6 is 71.4 Å². The summed E-state index contributed by atoms with van der Waals surface area (Å²) in [6.07, 6.45) is -3.04. The van der Waals surface area contributed by atoms with Crippen LogP contribution in [0.3, 0.4) is 0 Å². The molecule has 344 valence electrons. The van der Waals surface area contributed by atoms with Gasteiger partial charge in [-0.05, 0) is 92.8 Å². The van der Waals surface area contributed by atoms with Crippen LogP contribution in [0.15, 0.2) is 97.8 Å². The Labute approximate surface area is 409 Å². The third-order valence-corrected chi connectivity index (χ3v) is 8.31. The van der Waals surface area contributed by atoms with Crippen LogP contribution in [0.2, 0.25) is 0 Å². The molecule has 6 aromatic rings. The fourth-order valence-corrected chi connectivity index (χ4v) is 5.26. The first-order chi connectivity index (χ1) is 29.8. The van der Waals surface area contributed by atoms with Crippen LogP contribution in [0, 0.1) is 47.9 Å². The molecule has 0 bridgehead atoms. The van der Waals surface area contributed by atoms with Crippen LogP contribution in [-0.4, -0.2) is 45.0 Å². The molecule has 2 heterocycles. The maximum atomic E-state index is 13.3. The molecule has 0 aliphatic rings. The van der Waals surface area contributed by atoms with Gasteiger partial charge in [0.2, 0.25) is 0 Å². The van der Waals surface area contributed by atoms with Crippen molar-refractivity contribution in [3.8, 4) is 11.4 Å². The van der Waals surface area contributed by atoms with E-state index >= 15 is 0 Å². The van der Waals surface area contributed by atoms with Crippen LogP contribution < -0.4 is 24.3 Å². The number of nitrogen functional groups attached to an aromatic ring is 1. The number of nitro benzene ring substituents is 2. The van der Waals surface area contributed by atoms with E-state index in [1.54, 1.807) is 33.2 Å². The predicted molar refractivity (Wildman–Crippen MR) is 253 cm³/mol. The molecular formula is C39H34ClF6I4N8O6-. The van der Waals surface area contributed by atoms with Crippen LogP contribution in [0.5, 0.6) is 0 Å². The summed E-state index contributed by atoms with van der Waals surface area (Å²) >= 11 is 12.6. The van der Waals surface area contributed by atoms with Gasteiger partial charge in [-0.1, -0.05) is 34.7 Å². The molecule has 0 saturated carbocycles. The second-order valence-electron chi connectivity index (χ2n) is 12.7. The number of carbonyl (C=O) groups excluding carboxylic acids is 2. The zero-order chi connectivity index (χ0) is 48.7. The number of amides is 1. The van der Waals surface area contributed by atoms with Crippen molar-refractivity contribution in [2.24, 2.45) is 0 Å². The monoisotopic (exact) mass is 1370 g/mol. The van der Waals surface area contributed by atoms with Gasteiger partial charge in [0.15, 0.2) is 0 Å². The summed E-state index contributed by atoms with van der Waals surface area (Å²) < 4.78 is 80.6. The second-order valence-corrected chi connectivity index (χ2v) is 29.3. The van der Waals surface area contributed by atoms with Crippen molar-refractivity contribution < 1.29 is 59.0 Å². The standard InChI is InChI=1S/C19H15F3N4O3.C11H10F3N3.C8H6ClNO3.CH3I.I3/c1-11-3-4-13(5-17(11)26(28)29)18(27)24-15-6-14(19(20,21)22)7-16(8-15)25-9-12(2)23-10-25;1-7-5-17(6-16-7)10-3-8(11(12,13)14)2-9(15)4-10;1-5-2-3-6(8(9)11)4-7(5)10(12)13;1-2;1-3-2/h3-10H,1-2H3,(H,24,27);2-6H,15H2,1H3;2-4H,1H3;1H3;/q;;;;-1. The molecule has 14 nitrogen and oxygen atoms in total. The van der Waals surface area contributed by atoms with E-state index < -0.39 is 44.5 Å². The van der Waals surface area contributed by atoms with E-state index in [9.17, 15) is 56.2 Å². The summed E-state index contributed by atoms with van der Waals surface area (Å²) in [5, 5.41) is 23.2. The Morgan fingerprint density at radius 2 is 1.11 bits per heavy atom. The van der Waals surface area contributed by atoms with Gasteiger partial charge in [-0.2, -0.15) is 26.3 Å². The molecule has 0 fully saturated rings. The second kappa shape index (κ2) is 25.5. The first kappa shape index (κ1) is 56.0. The van der Waals surface area contributed by atoms with E-state index in [0.717, 1.165) is 36.0 Å². The molecule has 2 aromatic heterocycles.